The van der Waals surface area contributed by atoms with Gasteiger partial charge in [-0.25, -0.2) is 13.4 Å². The molecule has 0 bridgehead atoms. The molecule has 0 saturated carbocycles. The van der Waals surface area contributed by atoms with Crippen molar-refractivity contribution < 1.29 is 12.8 Å². The Hall–Kier alpha value is -1.75. The van der Waals surface area contributed by atoms with E-state index >= 15 is 0 Å². The van der Waals surface area contributed by atoms with E-state index in [9.17, 15) is 12.8 Å². The highest BCUT2D eigenvalue weighted by atomic mass is 32.2. The smallest absolute Gasteiger partial charge is 0.212 e. The third-order valence-electron chi connectivity index (χ3n) is 2.06. The van der Waals surface area contributed by atoms with Gasteiger partial charge in [0.2, 0.25) is 15.8 Å². The van der Waals surface area contributed by atoms with E-state index in [0.29, 0.717) is 0 Å². The van der Waals surface area contributed by atoms with Gasteiger partial charge in [-0.05, 0) is 24.3 Å². The van der Waals surface area contributed by atoms with E-state index in [1.165, 1.54) is 18.2 Å². The lowest BCUT2D eigenvalue weighted by atomic mass is 10.4. The van der Waals surface area contributed by atoms with E-state index < -0.39 is 15.8 Å². The van der Waals surface area contributed by atoms with Gasteiger partial charge in [-0.3, -0.25) is 0 Å². The first-order valence-corrected chi connectivity index (χ1v) is 6.01. The zero-order valence-electron chi connectivity index (χ0n) is 8.17. The third kappa shape index (κ3) is 1.94. The summed E-state index contributed by atoms with van der Waals surface area (Å²) in [5.41, 5.74) is 0. The maximum absolute atomic E-state index is 12.6. The molecule has 2 aromatic rings. The Morgan fingerprint density at radius 3 is 2.19 bits per heavy atom. The monoisotopic (exact) mass is 237 g/mol. The number of nitrogens with zero attached hydrogens (tertiary/aromatic N) is 1. The number of pyridine rings is 1. The fourth-order valence-electron chi connectivity index (χ4n) is 1.26. The van der Waals surface area contributed by atoms with E-state index in [1.807, 2.05) is 0 Å². The molecule has 0 aliphatic heterocycles. The van der Waals surface area contributed by atoms with Crippen molar-refractivity contribution in [2.24, 2.45) is 0 Å². The van der Waals surface area contributed by atoms with Crippen molar-refractivity contribution in [2.75, 3.05) is 0 Å². The van der Waals surface area contributed by atoms with Gasteiger partial charge in [-0.1, -0.05) is 18.2 Å². The normalized spacial score (nSPS) is 11.3. The molecule has 0 saturated heterocycles. The van der Waals surface area contributed by atoms with Crippen molar-refractivity contribution in [3.63, 3.8) is 0 Å². The van der Waals surface area contributed by atoms with Crippen LogP contribution in [0.25, 0.3) is 0 Å². The molecule has 3 nitrogen and oxygen atoms in total. The molecule has 82 valence electrons. The number of hydrogen-bond acceptors (Lipinski definition) is 3. The Morgan fingerprint density at radius 2 is 1.62 bits per heavy atom. The predicted octanol–water partition coefficient (Wildman–Crippen LogP) is 2.05. The van der Waals surface area contributed by atoms with Crippen molar-refractivity contribution in [1.29, 1.82) is 0 Å². The first-order valence-electron chi connectivity index (χ1n) is 4.52. The Balaban J connectivity index is 2.52. The van der Waals surface area contributed by atoms with E-state index in [4.69, 9.17) is 0 Å². The minimum atomic E-state index is -3.58. The van der Waals surface area contributed by atoms with Crippen LogP contribution in [0.2, 0.25) is 0 Å². The number of hydrogen-bond donors (Lipinski definition) is 0. The Bertz CT molecular complexity index is 579. The summed E-state index contributed by atoms with van der Waals surface area (Å²) in [5, 5.41) is 0. The molecule has 1 aromatic carbocycles. The van der Waals surface area contributed by atoms with Crippen LogP contribution in [0, 0.1) is 5.95 Å². The molecule has 0 amide bonds. The summed E-state index contributed by atoms with van der Waals surface area (Å²) in [7, 11) is -3.58. The first-order chi connectivity index (χ1) is 7.60. The van der Waals surface area contributed by atoms with Crippen LogP contribution >= 0.6 is 0 Å². The Morgan fingerprint density at radius 1 is 0.938 bits per heavy atom. The molecule has 16 heavy (non-hydrogen) atoms. The molecule has 5 heteroatoms. The van der Waals surface area contributed by atoms with Crippen LogP contribution in [0.5, 0.6) is 0 Å². The number of sulfone groups is 1. The molecule has 0 atom stereocenters. The lowest BCUT2D eigenvalue weighted by Crippen LogP contribution is -2.02. The van der Waals surface area contributed by atoms with Crippen LogP contribution in [0.3, 0.4) is 0 Å². The maximum Gasteiger partial charge on any atom is 0.212 e. The minimum absolute atomic E-state index is 0.0138. The van der Waals surface area contributed by atoms with Crippen molar-refractivity contribution in [1.82, 2.24) is 4.98 Å². The van der Waals surface area contributed by atoms with Crippen LogP contribution in [0.4, 0.5) is 4.39 Å². The van der Waals surface area contributed by atoms with Crippen molar-refractivity contribution in [2.45, 2.75) is 9.79 Å². The van der Waals surface area contributed by atoms with Gasteiger partial charge in [0, 0.05) is 6.20 Å². The number of rotatable bonds is 2. The molecule has 2 rings (SSSR count). The van der Waals surface area contributed by atoms with Gasteiger partial charge in [0.05, 0.1) is 9.79 Å². The molecule has 1 aromatic heterocycles. The van der Waals surface area contributed by atoms with Gasteiger partial charge in [-0.2, -0.15) is 4.39 Å². The fraction of sp³-hybridized carbons (Fsp3) is 0. The highest BCUT2D eigenvalue weighted by Crippen LogP contribution is 2.19. The van der Waals surface area contributed by atoms with Crippen LogP contribution in [-0.4, -0.2) is 13.4 Å². The second-order valence-electron chi connectivity index (χ2n) is 3.13. The predicted molar refractivity (Wildman–Crippen MR) is 56.1 cm³/mol. The fourth-order valence-corrected chi connectivity index (χ4v) is 2.48. The molecule has 1 heterocycles. The largest absolute Gasteiger partial charge is 0.227 e. The summed E-state index contributed by atoms with van der Waals surface area (Å²) in [6.45, 7) is 0. The zero-order valence-corrected chi connectivity index (χ0v) is 8.99. The van der Waals surface area contributed by atoms with E-state index in [0.717, 1.165) is 12.3 Å². The number of halogens is 1. The molecular formula is C11H8FNO2S. The molecule has 0 aliphatic carbocycles. The number of aromatic nitrogens is 1. The Kier molecular flexibility index (Phi) is 2.70. The van der Waals surface area contributed by atoms with E-state index in [1.54, 1.807) is 18.2 Å². The summed E-state index contributed by atoms with van der Waals surface area (Å²) in [5.74, 6) is -0.702. The molecule has 0 N–H and O–H groups in total. The van der Waals surface area contributed by atoms with Crippen LogP contribution in [-0.2, 0) is 9.84 Å². The average molecular weight is 237 g/mol. The van der Waals surface area contributed by atoms with Crippen LogP contribution < -0.4 is 0 Å². The van der Waals surface area contributed by atoms with Crippen LogP contribution in [0.1, 0.15) is 0 Å². The maximum atomic E-state index is 12.6. The van der Waals surface area contributed by atoms with Gasteiger partial charge in [-0.15, -0.1) is 0 Å². The molecule has 0 unspecified atom stereocenters. The summed E-state index contributed by atoms with van der Waals surface area (Å²) in [6, 6.07) is 10.2. The Labute approximate surface area is 92.5 Å². The second-order valence-corrected chi connectivity index (χ2v) is 5.08. The molecule has 0 aliphatic rings. The molecular weight excluding hydrogens is 229 g/mol. The quantitative estimate of drug-likeness (QED) is 0.751. The van der Waals surface area contributed by atoms with Crippen molar-refractivity contribution in [3.8, 4) is 0 Å². The van der Waals surface area contributed by atoms with Gasteiger partial charge in [0.25, 0.3) is 0 Å². The third-order valence-corrected chi connectivity index (χ3v) is 3.82. The molecule has 0 fully saturated rings. The van der Waals surface area contributed by atoms with Crippen LogP contribution in [0.15, 0.2) is 58.5 Å². The summed E-state index contributed by atoms with van der Waals surface area (Å²) < 4.78 is 36.5. The van der Waals surface area contributed by atoms with Gasteiger partial charge in [0.1, 0.15) is 0 Å². The van der Waals surface area contributed by atoms with Crippen molar-refractivity contribution >= 4 is 9.84 Å². The number of benzene rings is 1. The van der Waals surface area contributed by atoms with Gasteiger partial charge < -0.3 is 0 Å². The first kappa shape index (κ1) is 10.8. The summed E-state index contributed by atoms with van der Waals surface area (Å²) in [6.07, 6.45) is 1.01. The van der Waals surface area contributed by atoms with Gasteiger partial charge >= 0.3 is 0 Å². The van der Waals surface area contributed by atoms with E-state index in [-0.39, 0.29) is 9.79 Å². The zero-order chi connectivity index (χ0) is 11.6. The second kappa shape index (κ2) is 4.02. The lowest BCUT2D eigenvalue weighted by Gasteiger charge is -2.03. The highest BCUT2D eigenvalue weighted by Gasteiger charge is 2.17. The standard InChI is InChI=1S/C11H8FNO2S/c12-11-7-6-10(8-13-11)16(14,15)9-4-2-1-3-5-9/h1-8H. The minimum Gasteiger partial charge on any atom is -0.227 e. The SMILES string of the molecule is O=S(=O)(c1ccccc1)c1ccc(F)nc1. The lowest BCUT2D eigenvalue weighted by molar-refractivity contribution is 0.576. The highest BCUT2D eigenvalue weighted by molar-refractivity contribution is 7.91. The average Bonchev–Trinajstić information content (AvgIpc) is 2.31. The molecule has 0 spiro atoms. The topological polar surface area (TPSA) is 47.0 Å². The van der Waals surface area contributed by atoms with E-state index in [2.05, 4.69) is 4.98 Å². The van der Waals surface area contributed by atoms with Gasteiger partial charge in [0.15, 0.2) is 0 Å². The summed E-state index contributed by atoms with van der Waals surface area (Å²) in [4.78, 5) is 3.48. The molecule has 0 radical (unpaired) electrons. The summed E-state index contributed by atoms with van der Waals surface area (Å²) >= 11 is 0. The van der Waals surface area contributed by atoms with Crippen molar-refractivity contribution in [3.05, 3.63) is 54.6 Å².